The fourth-order valence-corrected chi connectivity index (χ4v) is 2.70. The second-order valence-electron chi connectivity index (χ2n) is 5.17. The number of rotatable bonds is 5. The molecule has 0 saturated heterocycles. The van der Waals surface area contributed by atoms with Crippen molar-refractivity contribution in [3.8, 4) is 0 Å². The number of aliphatic hydroxyl groups excluding tert-OH is 1. The van der Waals surface area contributed by atoms with E-state index in [9.17, 15) is 5.11 Å². The maximum absolute atomic E-state index is 10.2. The van der Waals surface area contributed by atoms with Gasteiger partial charge in [-0.05, 0) is 56.2 Å². The SMILES string of the molecule is CCOC1CC(CC(O)c2ccc(C)c(Cl)c2)C1. The Labute approximate surface area is 114 Å². The summed E-state index contributed by atoms with van der Waals surface area (Å²) in [5, 5.41) is 10.9. The van der Waals surface area contributed by atoms with Gasteiger partial charge in [0.2, 0.25) is 0 Å². The van der Waals surface area contributed by atoms with E-state index in [4.69, 9.17) is 16.3 Å². The lowest BCUT2D eigenvalue weighted by Crippen LogP contribution is -2.32. The second kappa shape index (κ2) is 6.05. The minimum absolute atomic E-state index is 0.407. The van der Waals surface area contributed by atoms with Crippen molar-refractivity contribution in [3.05, 3.63) is 34.3 Å². The van der Waals surface area contributed by atoms with Crippen LogP contribution < -0.4 is 0 Å². The van der Waals surface area contributed by atoms with E-state index < -0.39 is 6.10 Å². The summed E-state index contributed by atoms with van der Waals surface area (Å²) in [6, 6.07) is 5.80. The summed E-state index contributed by atoms with van der Waals surface area (Å²) in [5.41, 5.74) is 1.97. The van der Waals surface area contributed by atoms with Gasteiger partial charge >= 0.3 is 0 Å². The molecule has 1 N–H and O–H groups in total. The van der Waals surface area contributed by atoms with Crippen LogP contribution in [-0.4, -0.2) is 17.8 Å². The number of halogens is 1. The van der Waals surface area contributed by atoms with Crippen LogP contribution in [0.1, 0.15) is 43.4 Å². The van der Waals surface area contributed by atoms with Gasteiger partial charge in [-0.2, -0.15) is 0 Å². The normalized spacial score (nSPS) is 24.7. The summed E-state index contributed by atoms with van der Waals surface area (Å²) in [5.74, 6) is 0.580. The Kier molecular flexibility index (Phi) is 4.66. The molecule has 1 aliphatic rings. The van der Waals surface area contributed by atoms with Crippen LogP contribution in [-0.2, 0) is 4.74 Å². The van der Waals surface area contributed by atoms with Crippen LogP contribution in [0.15, 0.2) is 18.2 Å². The third-order valence-electron chi connectivity index (χ3n) is 3.73. The molecule has 0 spiro atoms. The molecule has 0 aromatic heterocycles. The lowest BCUT2D eigenvalue weighted by Gasteiger charge is -2.36. The van der Waals surface area contributed by atoms with Crippen LogP contribution in [0.4, 0.5) is 0 Å². The Balaban J connectivity index is 1.85. The molecule has 3 heteroatoms. The van der Waals surface area contributed by atoms with E-state index in [0.29, 0.717) is 12.0 Å². The van der Waals surface area contributed by atoms with Gasteiger partial charge in [-0.15, -0.1) is 0 Å². The topological polar surface area (TPSA) is 29.5 Å². The van der Waals surface area contributed by atoms with E-state index in [0.717, 1.165) is 42.0 Å². The molecule has 1 aromatic carbocycles. The zero-order chi connectivity index (χ0) is 13.1. The zero-order valence-corrected chi connectivity index (χ0v) is 11.8. The minimum atomic E-state index is -0.407. The van der Waals surface area contributed by atoms with Crippen molar-refractivity contribution in [3.63, 3.8) is 0 Å². The second-order valence-corrected chi connectivity index (χ2v) is 5.58. The third-order valence-corrected chi connectivity index (χ3v) is 4.14. The van der Waals surface area contributed by atoms with Crippen LogP contribution in [0.3, 0.4) is 0 Å². The average molecular weight is 269 g/mol. The molecular formula is C15H21ClO2. The molecule has 1 fully saturated rings. The van der Waals surface area contributed by atoms with Gasteiger partial charge in [-0.3, -0.25) is 0 Å². The van der Waals surface area contributed by atoms with Crippen molar-refractivity contribution in [1.29, 1.82) is 0 Å². The summed E-state index contributed by atoms with van der Waals surface area (Å²) in [7, 11) is 0. The first-order valence-electron chi connectivity index (χ1n) is 6.65. The molecule has 1 saturated carbocycles. The van der Waals surface area contributed by atoms with Crippen LogP contribution >= 0.6 is 11.6 Å². The first-order chi connectivity index (χ1) is 8.60. The highest BCUT2D eigenvalue weighted by atomic mass is 35.5. The molecule has 0 radical (unpaired) electrons. The predicted octanol–water partition coefficient (Wildman–Crippen LogP) is 3.89. The van der Waals surface area contributed by atoms with Gasteiger partial charge in [-0.25, -0.2) is 0 Å². The van der Waals surface area contributed by atoms with Crippen LogP contribution in [0.2, 0.25) is 5.02 Å². The lowest BCUT2D eigenvalue weighted by molar-refractivity contribution is -0.0380. The molecule has 0 heterocycles. The standard InChI is InChI=1S/C15H21ClO2/c1-3-18-13-6-11(7-13)8-15(17)12-5-4-10(2)14(16)9-12/h4-5,9,11,13,15,17H,3,6-8H2,1-2H3. The molecule has 1 aromatic rings. The van der Waals surface area contributed by atoms with Crippen LogP contribution in [0.5, 0.6) is 0 Å². The van der Waals surface area contributed by atoms with E-state index in [1.807, 2.05) is 32.0 Å². The molecule has 0 aliphatic heterocycles. The molecule has 0 amide bonds. The monoisotopic (exact) mass is 268 g/mol. The Morgan fingerprint density at radius 1 is 1.44 bits per heavy atom. The number of aliphatic hydroxyl groups is 1. The predicted molar refractivity (Wildman–Crippen MR) is 73.9 cm³/mol. The number of hydrogen-bond acceptors (Lipinski definition) is 2. The molecule has 0 bridgehead atoms. The summed E-state index contributed by atoms with van der Waals surface area (Å²) < 4.78 is 5.53. The van der Waals surface area contributed by atoms with Crippen molar-refractivity contribution < 1.29 is 9.84 Å². The zero-order valence-electron chi connectivity index (χ0n) is 11.0. The van der Waals surface area contributed by atoms with Gasteiger partial charge in [0.1, 0.15) is 0 Å². The Hall–Kier alpha value is -0.570. The average Bonchev–Trinajstić information content (AvgIpc) is 2.30. The number of ether oxygens (including phenoxy) is 1. The summed E-state index contributed by atoms with van der Waals surface area (Å²) >= 11 is 6.08. The molecular weight excluding hydrogens is 248 g/mol. The summed E-state index contributed by atoms with van der Waals surface area (Å²) in [6.45, 7) is 4.78. The molecule has 2 nitrogen and oxygen atoms in total. The lowest BCUT2D eigenvalue weighted by atomic mass is 9.78. The smallest absolute Gasteiger partial charge is 0.0793 e. The van der Waals surface area contributed by atoms with Gasteiger partial charge in [-0.1, -0.05) is 23.7 Å². The van der Waals surface area contributed by atoms with Crippen LogP contribution in [0, 0.1) is 12.8 Å². The Morgan fingerprint density at radius 3 is 2.78 bits per heavy atom. The third kappa shape index (κ3) is 3.25. The van der Waals surface area contributed by atoms with Gasteiger partial charge in [0.05, 0.1) is 12.2 Å². The van der Waals surface area contributed by atoms with Crippen molar-refractivity contribution >= 4 is 11.6 Å². The van der Waals surface area contributed by atoms with Gasteiger partial charge in [0.15, 0.2) is 0 Å². The highest BCUT2D eigenvalue weighted by Crippen LogP contribution is 2.37. The Bertz CT molecular complexity index is 399. The van der Waals surface area contributed by atoms with E-state index in [1.165, 1.54) is 0 Å². The van der Waals surface area contributed by atoms with E-state index >= 15 is 0 Å². The first kappa shape index (κ1) is 13.9. The largest absolute Gasteiger partial charge is 0.388 e. The molecule has 1 atom stereocenters. The van der Waals surface area contributed by atoms with E-state index in [-0.39, 0.29) is 0 Å². The molecule has 100 valence electrons. The quantitative estimate of drug-likeness (QED) is 0.878. The number of hydrogen-bond donors (Lipinski definition) is 1. The minimum Gasteiger partial charge on any atom is -0.388 e. The molecule has 2 rings (SSSR count). The van der Waals surface area contributed by atoms with Gasteiger partial charge in [0.25, 0.3) is 0 Å². The maximum atomic E-state index is 10.2. The molecule has 1 unspecified atom stereocenters. The summed E-state index contributed by atoms with van der Waals surface area (Å²) in [6.07, 6.45) is 2.96. The fraction of sp³-hybridized carbons (Fsp3) is 0.600. The van der Waals surface area contributed by atoms with Crippen molar-refractivity contribution in [2.24, 2.45) is 5.92 Å². The van der Waals surface area contributed by atoms with E-state index in [2.05, 4.69) is 0 Å². The van der Waals surface area contributed by atoms with Gasteiger partial charge < -0.3 is 9.84 Å². The van der Waals surface area contributed by atoms with Gasteiger partial charge in [0, 0.05) is 11.6 Å². The Morgan fingerprint density at radius 2 is 2.17 bits per heavy atom. The van der Waals surface area contributed by atoms with E-state index in [1.54, 1.807) is 0 Å². The summed E-state index contributed by atoms with van der Waals surface area (Å²) in [4.78, 5) is 0. The van der Waals surface area contributed by atoms with Crippen molar-refractivity contribution in [2.75, 3.05) is 6.61 Å². The first-order valence-corrected chi connectivity index (χ1v) is 7.03. The highest BCUT2D eigenvalue weighted by molar-refractivity contribution is 6.31. The molecule has 18 heavy (non-hydrogen) atoms. The number of benzene rings is 1. The number of aryl methyl sites for hydroxylation is 1. The van der Waals surface area contributed by atoms with Crippen LogP contribution in [0.25, 0.3) is 0 Å². The maximum Gasteiger partial charge on any atom is 0.0793 e. The van der Waals surface area contributed by atoms with Crippen molar-refractivity contribution in [2.45, 2.75) is 45.3 Å². The van der Waals surface area contributed by atoms with Crippen molar-refractivity contribution in [1.82, 2.24) is 0 Å². The highest BCUT2D eigenvalue weighted by Gasteiger charge is 2.31. The molecule has 1 aliphatic carbocycles. The fourth-order valence-electron chi connectivity index (χ4n) is 2.51.